The molecule has 2 aliphatic carbocycles. The molecule has 62 heavy (non-hydrogen) atoms. The van der Waals surface area contributed by atoms with Crippen LogP contribution in [-0.4, -0.2) is 0 Å². The summed E-state index contributed by atoms with van der Waals surface area (Å²) in [5.74, 6) is 0. The van der Waals surface area contributed by atoms with Crippen LogP contribution in [0.3, 0.4) is 0 Å². The fourth-order valence-corrected chi connectivity index (χ4v) is 7.66. The zero-order valence-electron chi connectivity index (χ0n) is 31.4. The van der Waals surface area contributed by atoms with E-state index in [0.29, 0.717) is 0 Å². The zero-order valence-corrected chi connectivity index (χ0v) is 31.4. The third-order valence-corrected chi connectivity index (χ3v) is 10.2. The summed E-state index contributed by atoms with van der Waals surface area (Å²) in [5, 5.41) is 123. The summed E-state index contributed by atoms with van der Waals surface area (Å²) < 4.78 is 0. The van der Waals surface area contributed by atoms with Crippen LogP contribution in [0.15, 0.2) is 84.9 Å². The molecule has 5 aromatic carbocycles. The minimum atomic E-state index is -0.0909. The van der Waals surface area contributed by atoms with Gasteiger partial charge in [0.2, 0.25) is 0 Å². The Morgan fingerprint density at radius 2 is 0.645 bits per heavy atom. The first-order valence-electron chi connectivity index (χ1n) is 17.8. The molecule has 0 aliphatic heterocycles. The molecule has 0 radical (unpaired) electrons. The summed E-state index contributed by atoms with van der Waals surface area (Å²) >= 11 is 0. The Hall–Kier alpha value is -11.1. The van der Waals surface area contributed by atoms with Crippen LogP contribution in [0.2, 0.25) is 0 Å². The van der Waals surface area contributed by atoms with Gasteiger partial charge in [-0.2, -0.15) is 63.1 Å². The van der Waals surface area contributed by atoms with Gasteiger partial charge in [0, 0.05) is 33.4 Å². The van der Waals surface area contributed by atoms with Gasteiger partial charge < -0.3 is 0 Å². The number of rotatable bonds is 4. The molecule has 0 fully saturated rings. The Morgan fingerprint density at radius 3 is 0.935 bits per heavy atom. The molecule has 0 heterocycles. The number of hydrogen-bond acceptors (Lipinski definition) is 12. The highest BCUT2D eigenvalue weighted by molar-refractivity contribution is 6.34. The van der Waals surface area contributed by atoms with Gasteiger partial charge in [-0.1, -0.05) is 12.1 Å². The van der Waals surface area contributed by atoms with Gasteiger partial charge in [0.1, 0.15) is 48.6 Å². The van der Waals surface area contributed by atoms with Crippen LogP contribution in [0, 0.1) is 136 Å². The molecule has 12 nitrogen and oxygen atoms in total. The van der Waals surface area contributed by atoms with E-state index >= 15 is 0 Å². The SMILES string of the molecule is N#CC1=C(c2ccc(C#N)c(C#N)c2)/C(=C(/C#N)c2cc(C#N)cc(C#N)c2)c2cc3c(cc21)C(C#N)=C(c1ccc(C#N)c(C#N)c1)/C3=C(/C#N)c1cc(C#N)cc(C#N)c1. The monoisotopic (exact) mass is 782 g/mol. The van der Waals surface area contributed by atoms with E-state index in [1.54, 1.807) is 12.1 Å². The molecule has 0 unspecified atom stereocenters. The topological polar surface area (TPSA) is 285 Å². The molecule has 0 aromatic heterocycles. The van der Waals surface area contributed by atoms with E-state index in [2.05, 4.69) is 24.3 Å². The fraction of sp³-hybridized carbons (Fsp3) is 0. The predicted molar refractivity (Wildman–Crippen MR) is 220 cm³/mol. The Balaban J connectivity index is 1.70. The van der Waals surface area contributed by atoms with Crippen molar-refractivity contribution in [3.8, 4) is 72.8 Å². The van der Waals surface area contributed by atoms with Gasteiger partial charge in [-0.3, -0.25) is 0 Å². The van der Waals surface area contributed by atoms with Crippen LogP contribution in [0.1, 0.15) is 89.0 Å². The van der Waals surface area contributed by atoms with Crippen LogP contribution in [0.25, 0.3) is 44.6 Å². The number of fused-ring (bicyclic) bond motifs is 2. The highest BCUT2D eigenvalue weighted by atomic mass is 14.4. The molecular weight excluding hydrogens is 769 g/mol. The lowest BCUT2D eigenvalue weighted by Crippen LogP contribution is -1.98. The molecular formula is C50H14N12. The highest BCUT2D eigenvalue weighted by Crippen LogP contribution is 2.56. The highest BCUT2D eigenvalue weighted by Gasteiger charge is 2.38. The van der Waals surface area contributed by atoms with E-state index in [-0.39, 0.29) is 134 Å². The molecule has 2 aliphatic rings. The summed E-state index contributed by atoms with van der Waals surface area (Å²) in [6, 6.07) is 44.7. The smallest absolute Gasteiger partial charge is 0.101 e. The van der Waals surface area contributed by atoms with Gasteiger partial charge in [-0.25, -0.2) is 0 Å². The van der Waals surface area contributed by atoms with Crippen molar-refractivity contribution >= 4 is 44.6 Å². The molecule has 0 N–H and O–H groups in total. The average Bonchev–Trinajstić information content (AvgIpc) is 3.81. The first-order valence-corrected chi connectivity index (χ1v) is 17.8. The fourth-order valence-electron chi connectivity index (χ4n) is 7.66. The molecule has 274 valence electrons. The van der Waals surface area contributed by atoms with Gasteiger partial charge >= 0.3 is 0 Å². The number of nitriles is 12. The Kier molecular flexibility index (Phi) is 10.0. The first kappa shape index (κ1) is 39.2. The average molecular weight is 783 g/mol. The molecule has 0 saturated heterocycles. The number of hydrogen-bond donors (Lipinski definition) is 0. The Bertz CT molecular complexity index is 3350. The van der Waals surface area contributed by atoms with Gasteiger partial charge in [0.25, 0.3) is 0 Å². The van der Waals surface area contributed by atoms with Crippen LogP contribution < -0.4 is 0 Å². The second kappa shape index (κ2) is 15.8. The minimum Gasteiger partial charge on any atom is -0.192 e. The van der Waals surface area contributed by atoms with Gasteiger partial charge in [-0.15, -0.1) is 0 Å². The molecule has 7 rings (SSSR count). The van der Waals surface area contributed by atoms with E-state index in [1.807, 2.05) is 48.6 Å². The zero-order chi connectivity index (χ0) is 44.2. The minimum absolute atomic E-state index is 0.00149. The molecule has 12 heteroatoms. The van der Waals surface area contributed by atoms with Crippen molar-refractivity contribution in [2.75, 3.05) is 0 Å². The van der Waals surface area contributed by atoms with Crippen LogP contribution in [0.4, 0.5) is 0 Å². The van der Waals surface area contributed by atoms with Crippen molar-refractivity contribution in [3.63, 3.8) is 0 Å². The summed E-state index contributed by atoms with van der Waals surface area (Å²) in [4.78, 5) is 0. The Labute approximate surface area is 353 Å². The van der Waals surface area contributed by atoms with Crippen molar-refractivity contribution in [2.45, 2.75) is 0 Å². The second-order valence-corrected chi connectivity index (χ2v) is 13.4. The quantitative estimate of drug-likeness (QED) is 0.155. The van der Waals surface area contributed by atoms with E-state index in [9.17, 15) is 63.1 Å². The largest absolute Gasteiger partial charge is 0.192 e. The van der Waals surface area contributed by atoms with Crippen molar-refractivity contribution in [1.29, 1.82) is 63.1 Å². The number of nitrogens with zero attached hydrogens (tertiary/aromatic N) is 12. The maximum atomic E-state index is 11.0. The lowest BCUT2D eigenvalue weighted by Gasteiger charge is -2.16. The van der Waals surface area contributed by atoms with Gasteiger partial charge in [0.05, 0.1) is 91.1 Å². The van der Waals surface area contributed by atoms with Crippen LogP contribution in [-0.2, 0) is 0 Å². The predicted octanol–water partition coefficient (Wildman–Crippen LogP) is 8.42. The molecule has 0 amide bonds. The maximum absolute atomic E-state index is 11.0. The van der Waals surface area contributed by atoms with E-state index in [4.69, 9.17) is 0 Å². The molecule has 0 atom stereocenters. The van der Waals surface area contributed by atoms with E-state index in [1.165, 1.54) is 72.8 Å². The number of allylic oxidation sites excluding steroid dienone is 8. The van der Waals surface area contributed by atoms with Crippen molar-refractivity contribution < 1.29 is 0 Å². The molecule has 0 bridgehead atoms. The third-order valence-electron chi connectivity index (χ3n) is 10.2. The summed E-state index contributed by atoms with van der Waals surface area (Å²) in [5.41, 5.74) is 2.40. The Morgan fingerprint density at radius 1 is 0.306 bits per heavy atom. The van der Waals surface area contributed by atoms with E-state index in [0.717, 1.165) is 0 Å². The first-order chi connectivity index (χ1) is 30.2. The number of benzene rings is 5. The molecule has 5 aromatic rings. The summed E-state index contributed by atoms with van der Waals surface area (Å²) in [7, 11) is 0. The standard InChI is InChI=1S/C50H14N12/c51-15-27-5-28(16-52)8-35(7-27)43(23-59)49-41-14-42-40(13-39(41)45(25-61)47(49)31-1-3-33(19-55)37(11-31)21-57)46(26-62)48(32-2-4-34(20-56)38(12-32)22-58)50(42)44(24-60)36-9-29(17-53)6-30(10-36)18-54/h1-14H/b49-43-,50-44-. The summed E-state index contributed by atoms with van der Waals surface area (Å²) in [6.07, 6.45) is 0. The maximum Gasteiger partial charge on any atom is 0.101 e. The second-order valence-electron chi connectivity index (χ2n) is 13.4. The van der Waals surface area contributed by atoms with Gasteiger partial charge in [-0.05, 0) is 106 Å². The van der Waals surface area contributed by atoms with E-state index < -0.39 is 0 Å². The van der Waals surface area contributed by atoms with Crippen molar-refractivity contribution in [1.82, 2.24) is 0 Å². The molecule has 0 spiro atoms. The summed E-state index contributed by atoms with van der Waals surface area (Å²) in [6.45, 7) is 0. The van der Waals surface area contributed by atoms with Crippen LogP contribution in [0.5, 0.6) is 0 Å². The lowest BCUT2D eigenvalue weighted by atomic mass is 9.85. The lowest BCUT2D eigenvalue weighted by molar-refractivity contribution is 1.42. The molecule has 0 saturated carbocycles. The van der Waals surface area contributed by atoms with Crippen molar-refractivity contribution in [3.05, 3.63) is 174 Å². The normalized spacial score (nSPS) is 13.2. The van der Waals surface area contributed by atoms with Gasteiger partial charge in [0.15, 0.2) is 0 Å². The van der Waals surface area contributed by atoms with Crippen LogP contribution >= 0.6 is 0 Å². The third kappa shape index (κ3) is 6.18. The van der Waals surface area contributed by atoms with Crippen molar-refractivity contribution in [2.24, 2.45) is 0 Å².